The molecule has 0 saturated heterocycles. The van der Waals surface area contributed by atoms with E-state index >= 15 is 0 Å². The van der Waals surface area contributed by atoms with Gasteiger partial charge in [-0.3, -0.25) is 0 Å². The van der Waals surface area contributed by atoms with Crippen molar-refractivity contribution in [1.82, 2.24) is 9.13 Å². The fourth-order valence-electron chi connectivity index (χ4n) is 10.8. The van der Waals surface area contributed by atoms with Gasteiger partial charge in [0.15, 0.2) is 0 Å². The highest BCUT2D eigenvalue weighted by atomic mass is 32.2. The normalized spacial score (nSPS) is 16.2. The van der Waals surface area contributed by atoms with Crippen molar-refractivity contribution in [3.8, 4) is 33.6 Å². The van der Waals surface area contributed by atoms with Crippen molar-refractivity contribution in [3.05, 3.63) is 199 Å². The molecule has 8 aromatic carbocycles. The molecular formula is C62H50N2S2. The summed E-state index contributed by atoms with van der Waals surface area (Å²) in [5.74, 6) is 0.417. The molecule has 0 N–H and O–H groups in total. The lowest BCUT2D eigenvalue weighted by atomic mass is 9.86. The zero-order chi connectivity index (χ0) is 44.6. The quantitative estimate of drug-likeness (QED) is 0.171. The summed E-state index contributed by atoms with van der Waals surface area (Å²) >= 11 is 3.88. The molecule has 1 aliphatic carbocycles. The van der Waals surface area contributed by atoms with Crippen LogP contribution in [0.5, 0.6) is 0 Å². The maximum atomic E-state index is 2.50. The third-order valence-electron chi connectivity index (χ3n) is 14.4. The van der Waals surface area contributed by atoms with Gasteiger partial charge in [0.1, 0.15) is 0 Å². The molecule has 2 aliphatic rings. The number of thioether (sulfide) groups is 1. The lowest BCUT2D eigenvalue weighted by molar-refractivity contribution is 0.591. The Morgan fingerprint density at radius 3 is 1.42 bits per heavy atom. The Morgan fingerprint density at radius 1 is 0.409 bits per heavy atom. The van der Waals surface area contributed by atoms with Crippen LogP contribution in [0.3, 0.4) is 0 Å². The highest BCUT2D eigenvalue weighted by Gasteiger charge is 2.32. The van der Waals surface area contributed by atoms with Crippen molar-refractivity contribution in [2.75, 3.05) is 0 Å². The Kier molecular flexibility index (Phi) is 8.70. The molecule has 0 fully saturated rings. The van der Waals surface area contributed by atoms with Crippen molar-refractivity contribution in [3.63, 3.8) is 0 Å². The second kappa shape index (κ2) is 14.5. The molecule has 1 aliphatic heterocycles. The zero-order valence-corrected chi connectivity index (χ0v) is 39.8. The maximum Gasteiger partial charge on any atom is 0.0541 e. The predicted molar refractivity (Wildman–Crippen MR) is 287 cm³/mol. The third-order valence-corrected chi connectivity index (χ3v) is 16.9. The summed E-state index contributed by atoms with van der Waals surface area (Å²) in [7, 11) is 0. The van der Waals surface area contributed by atoms with E-state index in [1.54, 1.807) is 0 Å². The second-order valence-electron chi connectivity index (χ2n) is 20.6. The SMILES string of the molecule is CC(C)(C)c1ccc2c(c1)c1cc(-c3ccc4sc5ccc(-c6ccc7c(c6)c6cc(C(C)(C)C)ccc6n7-c6ccc7c(c6)C6C=CC=CC6S7)cc5c4c3)ccc1n2-c1ccccc1. The van der Waals surface area contributed by atoms with Crippen LogP contribution in [-0.4, -0.2) is 14.4 Å². The summed E-state index contributed by atoms with van der Waals surface area (Å²) in [4.78, 5) is 1.40. The molecule has 0 spiro atoms. The molecule has 3 aromatic heterocycles. The number of hydrogen-bond acceptors (Lipinski definition) is 2. The molecule has 4 heteroatoms. The summed E-state index contributed by atoms with van der Waals surface area (Å²) in [6.07, 6.45) is 9.14. The van der Waals surface area contributed by atoms with Crippen molar-refractivity contribution in [1.29, 1.82) is 0 Å². The molecule has 66 heavy (non-hydrogen) atoms. The molecule has 2 unspecified atom stereocenters. The summed E-state index contributed by atoms with van der Waals surface area (Å²) in [5, 5.41) is 8.27. The van der Waals surface area contributed by atoms with Gasteiger partial charge in [0.2, 0.25) is 0 Å². The number of allylic oxidation sites excluding steroid dienone is 3. The first kappa shape index (κ1) is 39.7. The topological polar surface area (TPSA) is 9.86 Å². The fraction of sp³-hybridized carbons (Fsp3) is 0.161. The molecule has 4 heterocycles. The average molecular weight is 887 g/mol. The Balaban J connectivity index is 0.936. The number of rotatable bonds is 4. The molecule has 0 bridgehead atoms. The third kappa shape index (κ3) is 6.22. The van der Waals surface area contributed by atoms with E-state index in [4.69, 9.17) is 0 Å². The van der Waals surface area contributed by atoms with Crippen LogP contribution in [0.1, 0.15) is 64.2 Å². The van der Waals surface area contributed by atoms with E-state index in [1.807, 2.05) is 23.1 Å². The van der Waals surface area contributed by atoms with E-state index in [0.717, 1.165) is 0 Å². The standard InChI is InChI=1S/C62H50N2S2/c1-61(2,3)41-20-25-55-48(34-41)46-30-37(16-23-53(46)63(55)43-12-8-7-9-13-43)39-18-27-58-50(32-39)51-33-40(19-28-59(51)66-58)38-17-24-54-47(31-38)49-35-42(62(4,5)6)21-26-56(49)64(54)44-22-29-60-52(36-44)45-14-10-11-15-57(45)65-60/h7-36,45,57H,1-6H3. The summed E-state index contributed by atoms with van der Waals surface area (Å²) in [6, 6.07) is 60.4. The van der Waals surface area contributed by atoms with Gasteiger partial charge in [-0.2, -0.15) is 0 Å². The predicted octanol–water partition coefficient (Wildman–Crippen LogP) is 17.9. The van der Waals surface area contributed by atoms with E-state index in [2.05, 4.69) is 233 Å². The van der Waals surface area contributed by atoms with Crippen LogP contribution < -0.4 is 0 Å². The number of hydrogen-bond donors (Lipinski definition) is 0. The number of para-hydroxylation sites is 1. The van der Waals surface area contributed by atoms with Crippen LogP contribution in [0, 0.1) is 0 Å². The van der Waals surface area contributed by atoms with Crippen LogP contribution >= 0.6 is 23.1 Å². The first-order valence-electron chi connectivity index (χ1n) is 23.3. The van der Waals surface area contributed by atoms with Gasteiger partial charge in [0.25, 0.3) is 0 Å². The fourth-order valence-corrected chi connectivity index (χ4v) is 13.2. The van der Waals surface area contributed by atoms with Gasteiger partial charge in [0.05, 0.1) is 22.1 Å². The molecule has 0 saturated carbocycles. The first-order valence-corrected chi connectivity index (χ1v) is 25.0. The number of nitrogens with zero attached hydrogens (tertiary/aromatic N) is 2. The van der Waals surface area contributed by atoms with Crippen LogP contribution in [0.4, 0.5) is 0 Å². The highest BCUT2D eigenvalue weighted by Crippen LogP contribution is 2.49. The molecule has 0 radical (unpaired) electrons. The number of benzene rings is 8. The first-order chi connectivity index (χ1) is 31.9. The Bertz CT molecular complexity index is 3880. The van der Waals surface area contributed by atoms with Crippen molar-refractivity contribution < 1.29 is 0 Å². The largest absolute Gasteiger partial charge is 0.309 e. The Hall–Kier alpha value is -6.59. The van der Waals surface area contributed by atoms with E-state index < -0.39 is 0 Å². The van der Waals surface area contributed by atoms with Crippen molar-refractivity contribution in [2.24, 2.45) is 0 Å². The monoisotopic (exact) mass is 886 g/mol. The van der Waals surface area contributed by atoms with Crippen LogP contribution in [0.15, 0.2) is 187 Å². The van der Waals surface area contributed by atoms with E-state index in [1.165, 1.54) is 119 Å². The molecule has 2 nitrogen and oxygen atoms in total. The Morgan fingerprint density at radius 2 is 0.879 bits per heavy atom. The van der Waals surface area contributed by atoms with Gasteiger partial charge in [-0.15, -0.1) is 23.1 Å². The van der Waals surface area contributed by atoms with E-state index in [9.17, 15) is 0 Å². The zero-order valence-electron chi connectivity index (χ0n) is 38.2. The van der Waals surface area contributed by atoms with Crippen molar-refractivity contribution >= 4 is 86.9 Å². The molecule has 11 aromatic rings. The average Bonchev–Trinajstić information content (AvgIpc) is 4.07. The van der Waals surface area contributed by atoms with Gasteiger partial charge in [-0.05, 0) is 153 Å². The van der Waals surface area contributed by atoms with Gasteiger partial charge in [-0.1, -0.05) is 120 Å². The van der Waals surface area contributed by atoms with Gasteiger partial charge < -0.3 is 9.13 Å². The molecular weight excluding hydrogens is 837 g/mol. The van der Waals surface area contributed by atoms with E-state index in [0.29, 0.717) is 11.2 Å². The summed E-state index contributed by atoms with van der Waals surface area (Å²) in [5.41, 5.74) is 16.5. The highest BCUT2D eigenvalue weighted by molar-refractivity contribution is 8.00. The van der Waals surface area contributed by atoms with Crippen LogP contribution in [0.2, 0.25) is 0 Å². The number of thiophene rings is 1. The minimum Gasteiger partial charge on any atom is -0.309 e. The second-order valence-corrected chi connectivity index (χ2v) is 22.9. The lowest BCUT2D eigenvalue weighted by Gasteiger charge is -2.19. The number of aromatic nitrogens is 2. The Labute approximate surface area is 394 Å². The minimum atomic E-state index is 0.0351. The maximum absolute atomic E-state index is 2.50. The molecule has 320 valence electrons. The minimum absolute atomic E-state index is 0.0351. The number of fused-ring (bicyclic) bond motifs is 12. The molecule has 13 rings (SSSR count). The van der Waals surface area contributed by atoms with Crippen LogP contribution in [0.25, 0.3) is 97.4 Å². The van der Waals surface area contributed by atoms with Gasteiger partial charge in [-0.25, -0.2) is 0 Å². The van der Waals surface area contributed by atoms with Gasteiger partial charge in [0, 0.05) is 69.2 Å². The smallest absolute Gasteiger partial charge is 0.0541 e. The lowest BCUT2D eigenvalue weighted by Crippen LogP contribution is -2.10. The van der Waals surface area contributed by atoms with E-state index in [-0.39, 0.29) is 10.8 Å². The van der Waals surface area contributed by atoms with Crippen LogP contribution in [-0.2, 0) is 10.8 Å². The van der Waals surface area contributed by atoms with Gasteiger partial charge >= 0.3 is 0 Å². The summed E-state index contributed by atoms with van der Waals surface area (Å²) in [6.45, 7) is 13.9. The molecule has 2 atom stereocenters. The summed E-state index contributed by atoms with van der Waals surface area (Å²) < 4.78 is 7.55. The van der Waals surface area contributed by atoms with Crippen molar-refractivity contribution in [2.45, 2.75) is 68.4 Å². The molecule has 0 amide bonds.